The molecule has 0 aliphatic heterocycles. The number of rotatable bonds is 11. The molecule has 32 heavy (non-hydrogen) atoms. The van der Waals surface area contributed by atoms with E-state index in [4.69, 9.17) is 0 Å². The Labute approximate surface area is 196 Å². The molecule has 1 amide bonds. The second kappa shape index (κ2) is 12.1. The molecule has 0 saturated heterocycles. The Bertz CT molecular complexity index is 1040. The van der Waals surface area contributed by atoms with Crippen LogP contribution in [0.3, 0.4) is 0 Å². The summed E-state index contributed by atoms with van der Waals surface area (Å²) in [7, 11) is -3.27. The number of sulfone groups is 1. The van der Waals surface area contributed by atoms with Gasteiger partial charge in [-0.1, -0.05) is 61.2 Å². The molecule has 2 atom stereocenters. The predicted octanol–water partition coefficient (Wildman–Crippen LogP) is 3.10. The fourth-order valence-electron chi connectivity index (χ4n) is 2.55. The lowest BCUT2D eigenvalue weighted by atomic mass is 10.2. The van der Waals surface area contributed by atoms with Crippen molar-refractivity contribution in [3.8, 4) is 0 Å². The van der Waals surface area contributed by atoms with Crippen molar-refractivity contribution in [3.63, 3.8) is 0 Å². The third-order valence-electron chi connectivity index (χ3n) is 4.44. The van der Waals surface area contributed by atoms with Crippen molar-refractivity contribution in [1.29, 1.82) is 0 Å². The Balaban J connectivity index is 1.82. The highest BCUT2D eigenvalue weighted by molar-refractivity contribution is 8.14. The van der Waals surface area contributed by atoms with Gasteiger partial charge in [0, 0.05) is 35.0 Å². The summed E-state index contributed by atoms with van der Waals surface area (Å²) < 4.78 is 23.0. The van der Waals surface area contributed by atoms with Crippen LogP contribution < -0.4 is 5.32 Å². The number of thioether (sulfide) groups is 2. The summed E-state index contributed by atoms with van der Waals surface area (Å²) in [5, 5.41) is 11.8. The lowest BCUT2D eigenvalue weighted by Gasteiger charge is -2.17. The van der Waals surface area contributed by atoms with E-state index in [1.54, 1.807) is 43.3 Å². The molecule has 0 heterocycles. The largest absolute Gasteiger partial charge is 0.480 e. The molecule has 0 unspecified atom stereocenters. The summed E-state index contributed by atoms with van der Waals surface area (Å²) in [5.74, 6) is -1.24. The van der Waals surface area contributed by atoms with Crippen LogP contribution in [0.5, 0.6) is 0 Å². The van der Waals surface area contributed by atoms with Crippen LogP contribution in [0.4, 0.5) is 0 Å². The first-order valence-electron chi connectivity index (χ1n) is 9.70. The van der Waals surface area contributed by atoms with Gasteiger partial charge in [-0.15, -0.1) is 0 Å². The first-order valence-corrected chi connectivity index (χ1v) is 13.7. The Hall–Kier alpha value is -2.30. The number of carboxylic acids is 1. The first kappa shape index (κ1) is 26.0. The SMILES string of the molecule is C[C@H](CSC(=O)c1ccccc1)C(=O)N[C@@H](CSCc1ccc(S(C)(=O)=O)cc1)C(=O)O. The number of hydrogen-bond donors (Lipinski definition) is 2. The third kappa shape index (κ3) is 8.33. The van der Waals surface area contributed by atoms with Gasteiger partial charge in [-0.25, -0.2) is 13.2 Å². The molecular weight excluding hydrogens is 470 g/mol. The molecule has 0 saturated carbocycles. The molecule has 0 bridgehead atoms. The molecule has 0 aromatic heterocycles. The smallest absolute Gasteiger partial charge is 0.327 e. The van der Waals surface area contributed by atoms with E-state index in [1.165, 1.54) is 23.9 Å². The summed E-state index contributed by atoms with van der Waals surface area (Å²) in [6.45, 7) is 1.65. The first-order chi connectivity index (χ1) is 15.1. The van der Waals surface area contributed by atoms with Gasteiger partial charge in [0.25, 0.3) is 0 Å². The fraction of sp³-hybridized carbons (Fsp3) is 0.318. The Morgan fingerprint density at radius 3 is 2.19 bits per heavy atom. The molecule has 0 fully saturated rings. The van der Waals surface area contributed by atoms with Crippen molar-refractivity contribution < 1.29 is 27.9 Å². The minimum Gasteiger partial charge on any atom is -0.480 e. The van der Waals surface area contributed by atoms with E-state index in [0.717, 1.165) is 23.6 Å². The molecule has 0 radical (unpaired) electrons. The summed E-state index contributed by atoms with van der Waals surface area (Å²) in [5.41, 5.74) is 1.40. The average Bonchev–Trinajstić information content (AvgIpc) is 2.76. The van der Waals surface area contributed by atoms with E-state index in [2.05, 4.69) is 5.32 Å². The van der Waals surface area contributed by atoms with Crippen LogP contribution in [0.1, 0.15) is 22.8 Å². The average molecular weight is 496 g/mol. The lowest BCUT2D eigenvalue weighted by molar-refractivity contribution is -0.141. The fourth-order valence-corrected chi connectivity index (χ4v) is 5.04. The van der Waals surface area contributed by atoms with E-state index >= 15 is 0 Å². The Kier molecular flexibility index (Phi) is 9.80. The second-order valence-electron chi connectivity index (χ2n) is 7.20. The maximum Gasteiger partial charge on any atom is 0.327 e. The van der Waals surface area contributed by atoms with E-state index in [1.807, 2.05) is 6.07 Å². The Morgan fingerprint density at radius 1 is 1.00 bits per heavy atom. The van der Waals surface area contributed by atoms with E-state index in [9.17, 15) is 27.9 Å². The van der Waals surface area contributed by atoms with Crippen LogP contribution in [0.2, 0.25) is 0 Å². The molecule has 0 aliphatic carbocycles. The molecule has 0 aliphatic rings. The molecular formula is C22H25NO6S3. The molecule has 7 nitrogen and oxygen atoms in total. The van der Waals surface area contributed by atoms with Crippen LogP contribution in [0, 0.1) is 5.92 Å². The highest BCUT2D eigenvalue weighted by atomic mass is 32.2. The van der Waals surface area contributed by atoms with Gasteiger partial charge in [0.1, 0.15) is 6.04 Å². The minimum atomic E-state index is -3.27. The quantitative estimate of drug-likeness (QED) is 0.488. The number of aliphatic carboxylic acids is 1. The Morgan fingerprint density at radius 2 is 1.62 bits per heavy atom. The normalized spacial score (nSPS) is 13.2. The molecule has 172 valence electrons. The van der Waals surface area contributed by atoms with Crippen molar-refractivity contribution in [2.24, 2.45) is 5.92 Å². The maximum atomic E-state index is 12.4. The van der Waals surface area contributed by atoms with Gasteiger partial charge in [0.05, 0.1) is 4.90 Å². The molecule has 2 aromatic rings. The number of amides is 1. The summed E-state index contributed by atoms with van der Waals surface area (Å²) in [6, 6.07) is 14.1. The van der Waals surface area contributed by atoms with Crippen molar-refractivity contribution in [3.05, 3.63) is 65.7 Å². The van der Waals surface area contributed by atoms with E-state index in [-0.39, 0.29) is 21.5 Å². The summed E-state index contributed by atoms with van der Waals surface area (Å²) in [4.78, 5) is 36.3. The molecule has 2 aromatic carbocycles. The number of hydrogen-bond acceptors (Lipinski definition) is 7. The third-order valence-corrected chi connectivity index (χ3v) is 7.84. The second-order valence-corrected chi connectivity index (χ2v) is 11.2. The van der Waals surface area contributed by atoms with Crippen molar-refractivity contribution in [1.82, 2.24) is 5.32 Å². The standard InChI is InChI=1S/C22H25NO6S3/c1-15(12-31-22(27)17-6-4-3-5-7-17)20(24)23-19(21(25)26)14-30-13-16-8-10-18(11-9-16)32(2,28)29/h3-11,15,19H,12-14H2,1-2H3,(H,23,24)(H,25,26)/t15-,19+/m1/s1. The van der Waals surface area contributed by atoms with Crippen molar-refractivity contribution in [2.75, 3.05) is 17.8 Å². The van der Waals surface area contributed by atoms with Crippen LogP contribution >= 0.6 is 23.5 Å². The van der Waals surface area contributed by atoms with Crippen LogP contribution in [0.25, 0.3) is 0 Å². The van der Waals surface area contributed by atoms with Gasteiger partial charge >= 0.3 is 5.97 Å². The summed E-state index contributed by atoms with van der Waals surface area (Å²) in [6.07, 6.45) is 1.13. The molecule has 2 N–H and O–H groups in total. The van der Waals surface area contributed by atoms with Gasteiger partial charge in [0.15, 0.2) is 9.84 Å². The minimum absolute atomic E-state index is 0.141. The lowest BCUT2D eigenvalue weighted by Crippen LogP contribution is -2.45. The number of nitrogens with one attached hydrogen (secondary N) is 1. The van der Waals surface area contributed by atoms with Gasteiger partial charge in [-0.2, -0.15) is 11.8 Å². The number of carbonyl (C=O) groups is 3. The molecule has 2 rings (SSSR count). The molecule has 10 heteroatoms. The van der Waals surface area contributed by atoms with Crippen LogP contribution in [-0.2, 0) is 25.2 Å². The van der Waals surface area contributed by atoms with Gasteiger partial charge in [-0.05, 0) is 17.7 Å². The van der Waals surface area contributed by atoms with E-state index in [0.29, 0.717) is 11.3 Å². The zero-order chi connectivity index (χ0) is 23.7. The number of benzene rings is 2. The van der Waals surface area contributed by atoms with Gasteiger partial charge in [0.2, 0.25) is 11.0 Å². The number of carboxylic acid groups (broad SMARTS) is 1. The van der Waals surface area contributed by atoms with Crippen molar-refractivity contribution in [2.45, 2.75) is 23.6 Å². The van der Waals surface area contributed by atoms with Gasteiger partial charge < -0.3 is 10.4 Å². The van der Waals surface area contributed by atoms with Crippen LogP contribution in [-0.4, -0.2) is 54.3 Å². The van der Waals surface area contributed by atoms with Crippen molar-refractivity contribution >= 4 is 50.4 Å². The highest BCUT2D eigenvalue weighted by Crippen LogP contribution is 2.18. The zero-order valence-corrected chi connectivity index (χ0v) is 20.1. The monoisotopic (exact) mass is 495 g/mol. The predicted molar refractivity (Wildman–Crippen MR) is 128 cm³/mol. The number of carbonyl (C=O) groups excluding carboxylic acids is 2. The highest BCUT2D eigenvalue weighted by Gasteiger charge is 2.23. The topological polar surface area (TPSA) is 118 Å². The van der Waals surface area contributed by atoms with Gasteiger partial charge in [-0.3, -0.25) is 9.59 Å². The molecule has 0 spiro atoms. The van der Waals surface area contributed by atoms with Crippen LogP contribution in [0.15, 0.2) is 59.5 Å². The summed E-state index contributed by atoms with van der Waals surface area (Å²) >= 11 is 2.35. The van der Waals surface area contributed by atoms with E-state index < -0.39 is 33.7 Å². The zero-order valence-electron chi connectivity index (χ0n) is 17.7. The maximum absolute atomic E-state index is 12.4.